The standard InChI is InChI=1S/C32H28N2O10/c1-3-4-5-6-9-44-33-13-16-11-15-10-14-7-8-32(24(14)28(39)19(15)31(42)34-16)29(40)22-23(30(32)41)27(38)21-20(26(22)37)17(35)12-18(43-2)25(21)36/h10-13,39-41H,3-9H2,1-2H3,(H,34,42)/b33-13+/t32-/m0/s1. The van der Waals surface area contributed by atoms with Gasteiger partial charge in [-0.3, -0.25) is 24.0 Å². The highest BCUT2D eigenvalue weighted by atomic mass is 16.6. The highest BCUT2D eigenvalue weighted by Crippen LogP contribution is 2.54. The number of unbranched alkanes of at least 4 members (excludes halogenated alkanes) is 3. The molecule has 1 atom stereocenters. The van der Waals surface area contributed by atoms with Crippen LogP contribution in [-0.2, 0) is 16.7 Å². The number of H-pyrrole nitrogens is 1. The van der Waals surface area contributed by atoms with Gasteiger partial charge in [-0.05, 0) is 42.7 Å². The lowest BCUT2D eigenvalue weighted by Gasteiger charge is -2.27. The molecule has 1 spiro atoms. The van der Waals surface area contributed by atoms with Gasteiger partial charge in [0.2, 0.25) is 16.3 Å². The number of benzene rings is 1. The molecule has 12 nitrogen and oxygen atoms in total. The molecule has 0 bridgehead atoms. The third-order valence-electron chi connectivity index (χ3n) is 8.63. The summed E-state index contributed by atoms with van der Waals surface area (Å²) in [5, 5.41) is 35.9. The van der Waals surface area contributed by atoms with E-state index in [-0.39, 0.29) is 23.8 Å². The number of nitrogens with one attached hydrogen (secondary N) is 1. The van der Waals surface area contributed by atoms with Gasteiger partial charge in [0.05, 0.1) is 45.3 Å². The number of aromatic hydroxyl groups is 1. The van der Waals surface area contributed by atoms with Crippen molar-refractivity contribution in [3.8, 4) is 11.5 Å². The minimum Gasteiger partial charge on any atom is -0.510 e. The van der Waals surface area contributed by atoms with E-state index in [0.717, 1.165) is 38.9 Å². The van der Waals surface area contributed by atoms with E-state index in [1.807, 2.05) is 0 Å². The molecule has 44 heavy (non-hydrogen) atoms. The van der Waals surface area contributed by atoms with Gasteiger partial charge in [0.25, 0.3) is 5.56 Å². The van der Waals surface area contributed by atoms with Crippen LogP contribution in [0.25, 0.3) is 22.3 Å². The molecule has 1 heterocycles. The number of oxime groups is 1. The van der Waals surface area contributed by atoms with Gasteiger partial charge in [0.15, 0.2) is 11.2 Å². The molecule has 0 amide bonds. The summed E-state index contributed by atoms with van der Waals surface area (Å²) in [6.07, 6.45) is 5.50. The molecule has 4 aliphatic carbocycles. The number of phenols is 1. The number of rotatable bonds is 8. The lowest BCUT2D eigenvalue weighted by molar-refractivity contribution is 0.141. The number of aromatic amines is 1. The van der Waals surface area contributed by atoms with E-state index in [9.17, 15) is 39.3 Å². The van der Waals surface area contributed by atoms with Crippen LogP contribution in [0.2, 0.25) is 0 Å². The number of phenolic OH excluding ortho intramolecular Hbond substituents is 1. The van der Waals surface area contributed by atoms with Crippen LogP contribution in [0.15, 0.2) is 47.3 Å². The molecule has 0 fully saturated rings. The Kier molecular flexibility index (Phi) is 6.87. The Morgan fingerprint density at radius 1 is 0.909 bits per heavy atom. The van der Waals surface area contributed by atoms with Crippen LogP contribution in [0.1, 0.15) is 55.8 Å². The fourth-order valence-electron chi connectivity index (χ4n) is 6.58. The van der Waals surface area contributed by atoms with Crippen LogP contribution in [0.3, 0.4) is 0 Å². The lowest BCUT2D eigenvalue weighted by Crippen LogP contribution is -2.51. The monoisotopic (exact) mass is 600 g/mol. The number of hydrogen-bond acceptors (Lipinski definition) is 11. The molecule has 1 aromatic heterocycles. The number of hydrogen-bond donors (Lipinski definition) is 4. The fourth-order valence-corrected chi connectivity index (χ4v) is 6.58. The third-order valence-corrected chi connectivity index (χ3v) is 8.63. The van der Waals surface area contributed by atoms with Crippen LogP contribution in [-0.4, -0.2) is 40.2 Å². The Labute approximate surface area is 246 Å². The number of fused-ring (bicyclic) bond motifs is 4. The molecule has 12 heteroatoms. The second-order valence-electron chi connectivity index (χ2n) is 11.1. The summed E-state index contributed by atoms with van der Waals surface area (Å²) < 4.78 is 4.90. The minimum atomic E-state index is -1.96. The molecular weight excluding hydrogens is 572 g/mol. The molecule has 0 aliphatic heterocycles. The number of aliphatic hydroxyl groups is 2. The van der Waals surface area contributed by atoms with E-state index in [1.165, 1.54) is 6.21 Å². The minimum absolute atomic E-state index is 0.0522. The fraction of sp³-hybridized carbons (Fsp3) is 0.312. The van der Waals surface area contributed by atoms with Gasteiger partial charge in [0.1, 0.15) is 29.3 Å². The van der Waals surface area contributed by atoms with Gasteiger partial charge >= 0.3 is 0 Å². The molecule has 0 saturated heterocycles. The Morgan fingerprint density at radius 3 is 2.30 bits per heavy atom. The van der Waals surface area contributed by atoms with Crippen molar-refractivity contribution in [1.82, 2.24) is 4.98 Å². The van der Waals surface area contributed by atoms with E-state index in [2.05, 4.69) is 17.1 Å². The van der Waals surface area contributed by atoms with Crippen molar-refractivity contribution in [2.24, 2.45) is 5.16 Å². The second kappa shape index (κ2) is 10.5. The smallest absolute Gasteiger partial charge is 0.260 e. The van der Waals surface area contributed by atoms with Crippen LogP contribution < -0.4 is 42.4 Å². The Hall–Kier alpha value is -5.26. The van der Waals surface area contributed by atoms with Crippen LogP contribution in [0.5, 0.6) is 11.5 Å². The number of nitrogens with zero attached hydrogens (tertiary/aromatic N) is 1. The normalized spacial score (nSPS) is 17.3. The van der Waals surface area contributed by atoms with Crippen molar-refractivity contribution in [3.05, 3.63) is 107 Å². The SMILES string of the molecule is CCCCCCO/N=C/c1cc2cc3c(c(O)c2c(=O)[nH]1)[C@@]1(CC3)C(O)=c2c(=O)c3c(=O)cc(OC)c(=O)c=3c(=O)c2=C1O. The molecule has 4 N–H and O–H groups in total. The maximum atomic E-state index is 13.6. The van der Waals surface area contributed by atoms with Gasteiger partial charge in [-0.25, -0.2) is 0 Å². The van der Waals surface area contributed by atoms with E-state index >= 15 is 0 Å². The average Bonchev–Trinajstić information content (AvgIpc) is 3.48. The molecule has 0 unspecified atom stereocenters. The lowest BCUT2D eigenvalue weighted by atomic mass is 9.78. The number of methoxy groups -OCH3 is 1. The maximum absolute atomic E-state index is 13.6. The molecule has 6 rings (SSSR count). The van der Waals surface area contributed by atoms with Crippen molar-refractivity contribution >= 4 is 28.5 Å². The number of ether oxygens (including phenoxy) is 1. The highest BCUT2D eigenvalue weighted by molar-refractivity contribution is 5.96. The number of aliphatic hydroxyl groups excluding tert-OH is 2. The summed E-state index contributed by atoms with van der Waals surface area (Å²) in [5.41, 5.74) is -6.14. The maximum Gasteiger partial charge on any atom is 0.260 e. The van der Waals surface area contributed by atoms with Crippen LogP contribution in [0.4, 0.5) is 0 Å². The first-order valence-corrected chi connectivity index (χ1v) is 14.2. The largest absolute Gasteiger partial charge is 0.510 e. The summed E-state index contributed by atoms with van der Waals surface area (Å²) in [7, 11) is 1.12. The first kappa shape index (κ1) is 28.8. The number of aryl methyl sites for hydroxylation is 1. The molecule has 1 aromatic carbocycles. The van der Waals surface area contributed by atoms with Gasteiger partial charge in [0, 0.05) is 11.6 Å². The van der Waals surface area contributed by atoms with E-state index < -0.39 is 76.6 Å². The van der Waals surface area contributed by atoms with Gasteiger partial charge in [-0.15, -0.1) is 0 Å². The summed E-state index contributed by atoms with van der Waals surface area (Å²) >= 11 is 0. The van der Waals surface area contributed by atoms with Gasteiger partial charge < -0.3 is 29.9 Å². The zero-order chi connectivity index (χ0) is 31.5. The summed E-state index contributed by atoms with van der Waals surface area (Å²) in [6, 6.07) is 3.99. The molecule has 4 aliphatic rings. The van der Waals surface area contributed by atoms with Crippen molar-refractivity contribution in [2.75, 3.05) is 13.7 Å². The highest BCUT2D eigenvalue weighted by Gasteiger charge is 2.53. The summed E-state index contributed by atoms with van der Waals surface area (Å²) in [4.78, 5) is 73.9. The third kappa shape index (κ3) is 3.90. The van der Waals surface area contributed by atoms with Crippen molar-refractivity contribution in [3.63, 3.8) is 0 Å². The Bertz CT molecular complexity index is 2390. The molecule has 2 aromatic rings. The molecule has 0 saturated carbocycles. The zero-order valence-corrected chi connectivity index (χ0v) is 23.9. The van der Waals surface area contributed by atoms with E-state index in [4.69, 9.17) is 9.57 Å². The first-order chi connectivity index (χ1) is 21.1. The second-order valence-corrected chi connectivity index (χ2v) is 11.1. The predicted molar refractivity (Wildman–Crippen MR) is 161 cm³/mol. The van der Waals surface area contributed by atoms with Crippen molar-refractivity contribution in [2.45, 2.75) is 50.9 Å². The topological polar surface area (TPSA) is 193 Å². The quantitative estimate of drug-likeness (QED) is 0.125. The molecular formula is C32H28N2O10. The average molecular weight is 601 g/mol. The first-order valence-electron chi connectivity index (χ1n) is 14.2. The van der Waals surface area contributed by atoms with Gasteiger partial charge in [-0.2, -0.15) is 0 Å². The predicted octanol–water partition coefficient (Wildman–Crippen LogP) is 0.444. The summed E-state index contributed by atoms with van der Waals surface area (Å²) in [5.74, 6) is -2.51. The molecule has 226 valence electrons. The van der Waals surface area contributed by atoms with E-state index in [1.54, 1.807) is 12.1 Å². The van der Waals surface area contributed by atoms with Crippen molar-refractivity contribution in [1.29, 1.82) is 0 Å². The Morgan fingerprint density at radius 2 is 1.61 bits per heavy atom. The van der Waals surface area contributed by atoms with Gasteiger partial charge in [-0.1, -0.05) is 31.0 Å². The van der Waals surface area contributed by atoms with Crippen LogP contribution >= 0.6 is 0 Å². The number of pyridine rings is 1. The molecule has 0 radical (unpaired) electrons. The van der Waals surface area contributed by atoms with E-state index in [0.29, 0.717) is 23.3 Å². The zero-order valence-electron chi connectivity index (χ0n) is 23.9. The Balaban J connectivity index is 1.54. The van der Waals surface area contributed by atoms with Crippen molar-refractivity contribution < 1.29 is 24.9 Å². The summed E-state index contributed by atoms with van der Waals surface area (Å²) in [6.45, 7) is 2.54. The number of aromatic nitrogens is 1. The van der Waals surface area contributed by atoms with Crippen LogP contribution in [0, 0.1) is 10.4 Å².